The second-order valence-corrected chi connectivity index (χ2v) is 14.3. The van der Waals surface area contributed by atoms with Crippen molar-refractivity contribution in [3.05, 3.63) is 59.1 Å². The first kappa shape index (κ1) is 29.8. The molecule has 0 bridgehead atoms. The Hall–Kier alpha value is -3.64. The van der Waals surface area contributed by atoms with E-state index in [2.05, 4.69) is 4.98 Å². The molecule has 0 aliphatic carbocycles. The zero-order valence-electron chi connectivity index (χ0n) is 23.9. The van der Waals surface area contributed by atoms with Gasteiger partial charge in [0.2, 0.25) is 5.91 Å². The Morgan fingerprint density at radius 2 is 1.76 bits per heavy atom. The highest BCUT2D eigenvalue weighted by molar-refractivity contribution is 7.91. The van der Waals surface area contributed by atoms with E-state index in [1.165, 1.54) is 17.0 Å². The molecule has 3 heterocycles. The van der Waals surface area contributed by atoms with Gasteiger partial charge in [-0.05, 0) is 75.6 Å². The number of carboxylic acid groups (broad SMARTS) is 1. The van der Waals surface area contributed by atoms with E-state index in [1.807, 2.05) is 0 Å². The van der Waals surface area contributed by atoms with Crippen LogP contribution in [0.25, 0.3) is 10.8 Å². The second kappa shape index (κ2) is 10.9. The molecule has 2 aliphatic heterocycles. The van der Waals surface area contributed by atoms with E-state index in [0.717, 1.165) is 16.0 Å². The number of sulfone groups is 1. The minimum absolute atomic E-state index is 0.00527. The number of hydrogen-bond acceptors (Lipinski definition) is 6. The van der Waals surface area contributed by atoms with Crippen molar-refractivity contribution >= 4 is 50.2 Å². The van der Waals surface area contributed by atoms with Crippen molar-refractivity contribution < 1.29 is 27.9 Å². The van der Waals surface area contributed by atoms with Gasteiger partial charge in [0, 0.05) is 29.7 Å². The van der Waals surface area contributed by atoms with E-state index < -0.39 is 39.2 Å². The van der Waals surface area contributed by atoms with E-state index in [1.54, 1.807) is 67.6 Å². The van der Waals surface area contributed by atoms with Gasteiger partial charge in [-0.25, -0.2) is 23.0 Å². The zero-order valence-corrected chi connectivity index (χ0v) is 25.5. The summed E-state index contributed by atoms with van der Waals surface area (Å²) in [5, 5.41) is 12.1. The Bertz CT molecular complexity index is 1670. The van der Waals surface area contributed by atoms with Gasteiger partial charge in [0.25, 0.3) is 0 Å². The summed E-state index contributed by atoms with van der Waals surface area (Å²) in [5.41, 5.74) is -0.234. The van der Waals surface area contributed by atoms with Crippen LogP contribution in [0, 0.1) is 6.92 Å². The summed E-state index contributed by atoms with van der Waals surface area (Å²) < 4.78 is 29.0. The lowest BCUT2D eigenvalue weighted by Gasteiger charge is -2.42. The van der Waals surface area contributed by atoms with Crippen LogP contribution in [0.15, 0.2) is 47.5 Å². The smallest absolute Gasteiger partial charge is 0.408 e. The maximum atomic E-state index is 14.0. The Kier molecular flexibility index (Phi) is 7.73. The second-order valence-electron chi connectivity index (χ2n) is 11.9. The van der Waals surface area contributed by atoms with E-state index in [-0.39, 0.29) is 30.1 Å². The number of carbonyl (C=O) groups excluding carboxylic acids is 2. The van der Waals surface area contributed by atoms with Crippen LogP contribution in [-0.2, 0) is 21.2 Å². The molecule has 2 aliphatic rings. The number of carbonyl (C=O) groups is 3. The Morgan fingerprint density at radius 3 is 2.38 bits per heavy atom. The van der Waals surface area contributed by atoms with Crippen molar-refractivity contribution in [3.8, 4) is 0 Å². The Morgan fingerprint density at radius 1 is 1.12 bits per heavy atom. The maximum Gasteiger partial charge on any atom is 0.408 e. The fourth-order valence-electron chi connectivity index (χ4n) is 5.96. The van der Waals surface area contributed by atoms with E-state index >= 15 is 0 Å². The molecule has 0 saturated carbocycles. The van der Waals surface area contributed by atoms with Crippen LogP contribution in [0.2, 0.25) is 5.02 Å². The zero-order chi connectivity index (χ0) is 30.6. The van der Waals surface area contributed by atoms with Crippen LogP contribution < -0.4 is 0 Å². The number of piperidine rings is 1. The van der Waals surface area contributed by atoms with Crippen molar-refractivity contribution in [3.63, 3.8) is 0 Å². The lowest BCUT2D eigenvalue weighted by molar-refractivity contribution is -0.138. The highest BCUT2D eigenvalue weighted by Crippen LogP contribution is 2.29. The molecule has 1 saturated heterocycles. The van der Waals surface area contributed by atoms with Crippen LogP contribution in [0.5, 0.6) is 0 Å². The van der Waals surface area contributed by atoms with Crippen molar-refractivity contribution in [2.75, 3.05) is 18.8 Å². The molecule has 1 N–H and O–H groups in total. The van der Waals surface area contributed by atoms with Crippen LogP contribution >= 0.6 is 11.6 Å². The summed E-state index contributed by atoms with van der Waals surface area (Å²) >= 11 is 6.06. The summed E-state index contributed by atoms with van der Waals surface area (Å²) in [5.74, 6) is -0.651. The van der Waals surface area contributed by atoms with Crippen molar-refractivity contribution in [1.29, 1.82) is 0 Å². The number of rotatable bonds is 6. The van der Waals surface area contributed by atoms with Gasteiger partial charge in [0.05, 0.1) is 29.1 Å². The molecule has 11 nitrogen and oxygen atoms in total. The molecule has 1 atom stereocenters. The number of likely N-dealkylation sites (tertiary alicyclic amines) is 1. The van der Waals surface area contributed by atoms with E-state index in [0.29, 0.717) is 35.6 Å². The summed E-state index contributed by atoms with van der Waals surface area (Å²) in [6, 6.07) is 7.98. The predicted molar refractivity (Wildman–Crippen MR) is 157 cm³/mol. The standard InChI is InChI=1S/C29H34ClN5O6S/c1-18-31-15-23-16-33(27(37)34(18)23)22-9-11-32(12-10-22)26(36)25(35(28(38)39)29(2,3)4)17-42(40,41)24-8-6-19-13-21(30)7-5-20(19)14-24/h5-8,13-15,22,25H,9-12,16-17H2,1-4H3,(H,38,39)/t25-/m1/s1. The Labute approximate surface area is 249 Å². The Balaban J connectivity index is 1.37. The van der Waals surface area contributed by atoms with E-state index in [9.17, 15) is 27.9 Å². The van der Waals surface area contributed by atoms with Gasteiger partial charge in [-0.1, -0.05) is 23.7 Å². The third kappa shape index (κ3) is 5.57. The highest BCUT2D eigenvalue weighted by Gasteiger charge is 2.44. The highest BCUT2D eigenvalue weighted by atomic mass is 35.5. The molecule has 13 heteroatoms. The molecule has 1 fully saturated rings. The molecule has 3 amide bonds. The summed E-state index contributed by atoms with van der Waals surface area (Å²) in [6.45, 7) is 7.64. The first-order chi connectivity index (χ1) is 19.7. The lowest BCUT2D eigenvalue weighted by atomic mass is 10.0. The minimum Gasteiger partial charge on any atom is -0.465 e. The topological polar surface area (TPSA) is 133 Å². The number of aryl methyl sites for hydroxylation is 1. The number of nitrogens with zero attached hydrogens (tertiary/aromatic N) is 5. The average Bonchev–Trinajstić information content (AvgIpc) is 3.45. The van der Waals surface area contributed by atoms with Crippen molar-refractivity contribution in [2.24, 2.45) is 0 Å². The van der Waals surface area contributed by atoms with Gasteiger partial charge < -0.3 is 14.9 Å². The van der Waals surface area contributed by atoms with Gasteiger partial charge in [-0.2, -0.15) is 0 Å². The first-order valence-electron chi connectivity index (χ1n) is 13.7. The summed E-state index contributed by atoms with van der Waals surface area (Å²) in [4.78, 5) is 47.9. The van der Waals surface area contributed by atoms with Crippen LogP contribution in [0.3, 0.4) is 0 Å². The number of imidazole rings is 1. The molecular weight excluding hydrogens is 582 g/mol. The lowest BCUT2D eigenvalue weighted by Crippen LogP contribution is -2.61. The number of fused-ring (bicyclic) bond motifs is 2. The maximum absolute atomic E-state index is 14.0. The van der Waals surface area contributed by atoms with Crippen LogP contribution in [0.4, 0.5) is 9.59 Å². The quantitative estimate of drug-likeness (QED) is 0.435. The van der Waals surface area contributed by atoms with Crippen LogP contribution in [0.1, 0.15) is 45.1 Å². The molecule has 3 aromatic rings. The molecule has 42 heavy (non-hydrogen) atoms. The van der Waals surface area contributed by atoms with Crippen molar-refractivity contribution in [1.82, 2.24) is 24.3 Å². The number of hydrogen-bond donors (Lipinski definition) is 1. The minimum atomic E-state index is -4.09. The molecule has 5 rings (SSSR count). The number of halogens is 1. The van der Waals surface area contributed by atoms with E-state index in [4.69, 9.17) is 11.6 Å². The fraction of sp³-hybridized carbons (Fsp3) is 0.448. The summed E-state index contributed by atoms with van der Waals surface area (Å²) in [6.07, 6.45) is 1.29. The molecule has 1 aromatic heterocycles. The third-order valence-electron chi connectivity index (χ3n) is 8.03. The third-order valence-corrected chi connectivity index (χ3v) is 9.99. The number of aromatic nitrogens is 2. The first-order valence-corrected chi connectivity index (χ1v) is 15.8. The van der Waals surface area contributed by atoms with Gasteiger partial charge >= 0.3 is 12.1 Å². The monoisotopic (exact) mass is 615 g/mol. The number of amides is 3. The van der Waals surface area contributed by atoms with Gasteiger partial charge in [-0.3, -0.25) is 14.3 Å². The predicted octanol–water partition coefficient (Wildman–Crippen LogP) is 4.39. The van der Waals surface area contributed by atoms with Crippen LogP contribution in [-0.4, -0.2) is 92.3 Å². The average molecular weight is 616 g/mol. The largest absolute Gasteiger partial charge is 0.465 e. The molecule has 2 aromatic carbocycles. The molecule has 0 unspecified atom stereocenters. The van der Waals surface area contributed by atoms with Gasteiger partial charge in [0.1, 0.15) is 11.9 Å². The number of benzene rings is 2. The van der Waals surface area contributed by atoms with Crippen molar-refractivity contribution in [2.45, 2.75) is 69.6 Å². The normalized spacial score (nSPS) is 17.0. The van der Waals surface area contributed by atoms with Gasteiger partial charge in [0.15, 0.2) is 9.84 Å². The molecular formula is C29H34ClN5O6S. The fourth-order valence-corrected chi connectivity index (χ4v) is 7.63. The molecule has 224 valence electrons. The van der Waals surface area contributed by atoms with Gasteiger partial charge in [-0.15, -0.1) is 0 Å². The molecule has 0 spiro atoms. The molecule has 0 radical (unpaired) electrons. The summed E-state index contributed by atoms with van der Waals surface area (Å²) in [7, 11) is -4.09. The SMILES string of the molecule is Cc1ncc2n1C(=O)N(C1CCN(C(=O)[C@@H](CS(=O)(=O)c3ccc4cc(Cl)ccc4c3)N(C(=O)O)C(C)(C)C)CC1)C2.